The van der Waals surface area contributed by atoms with Crippen molar-refractivity contribution < 1.29 is 4.39 Å². The average molecular weight is 385 g/mol. The van der Waals surface area contributed by atoms with Crippen LogP contribution in [0.15, 0.2) is 45.5 Å². The maximum absolute atomic E-state index is 13.2. The minimum atomic E-state index is -0.347. The van der Waals surface area contributed by atoms with Gasteiger partial charge >= 0.3 is 0 Å². The van der Waals surface area contributed by atoms with Crippen molar-refractivity contribution in [3.8, 4) is 11.3 Å². The van der Waals surface area contributed by atoms with Gasteiger partial charge < -0.3 is 5.73 Å². The van der Waals surface area contributed by atoms with Gasteiger partial charge in [0, 0.05) is 20.7 Å². The Morgan fingerprint density at radius 3 is 2.63 bits per heavy atom. The Labute approximate surface area is 125 Å². The van der Waals surface area contributed by atoms with E-state index in [9.17, 15) is 4.39 Å². The Morgan fingerprint density at radius 2 is 1.89 bits per heavy atom. The molecule has 2 heterocycles. The van der Waals surface area contributed by atoms with E-state index < -0.39 is 0 Å². The first-order valence-corrected chi connectivity index (χ1v) is 7.03. The Kier molecular flexibility index (Phi) is 3.06. The zero-order valence-corrected chi connectivity index (χ0v) is 12.7. The first-order valence-electron chi connectivity index (χ1n) is 5.45. The molecule has 3 aromatic rings. The maximum Gasteiger partial charge on any atom is 0.140 e. The van der Waals surface area contributed by atoms with E-state index >= 15 is 0 Å². The highest BCUT2D eigenvalue weighted by molar-refractivity contribution is 9.13. The monoisotopic (exact) mass is 383 g/mol. The first-order chi connectivity index (χ1) is 9.06. The molecule has 0 aliphatic carbocycles. The highest BCUT2D eigenvalue weighted by Crippen LogP contribution is 2.32. The van der Waals surface area contributed by atoms with Gasteiger partial charge in [-0.2, -0.15) is 0 Å². The lowest BCUT2D eigenvalue weighted by Gasteiger charge is -2.02. The highest BCUT2D eigenvalue weighted by atomic mass is 79.9. The van der Waals surface area contributed by atoms with Gasteiger partial charge in [-0.25, -0.2) is 9.37 Å². The summed E-state index contributed by atoms with van der Waals surface area (Å²) < 4.78 is 16.6. The van der Waals surface area contributed by atoms with Crippen molar-refractivity contribution in [2.24, 2.45) is 0 Å². The van der Waals surface area contributed by atoms with E-state index in [1.807, 2.05) is 18.2 Å². The van der Waals surface area contributed by atoms with Gasteiger partial charge in [-0.15, -0.1) is 0 Å². The van der Waals surface area contributed by atoms with Crippen LogP contribution in [0.3, 0.4) is 0 Å². The normalized spacial score (nSPS) is 11.1. The van der Waals surface area contributed by atoms with Crippen LogP contribution in [-0.2, 0) is 0 Å². The lowest BCUT2D eigenvalue weighted by atomic mass is 10.1. The number of hydrogen-bond donors (Lipinski definition) is 1. The van der Waals surface area contributed by atoms with E-state index in [1.165, 1.54) is 12.3 Å². The molecule has 0 saturated carbocycles. The molecule has 0 aliphatic heterocycles. The Hall–Kier alpha value is -1.40. The molecule has 2 aromatic heterocycles. The maximum atomic E-state index is 13.2. The van der Waals surface area contributed by atoms with Crippen molar-refractivity contribution in [3.05, 3.63) is 51.3 Å². The third-order valence-electron chi connectivity index (χ3n) is 2.81. The molecule has 0 saturated heterocycles. The molecule has 0 spiro atoms. The molecule has 6 heteroatoms. The summed E-state index contributed by atoms with van der Waals surface area (Å²) in [6.07, 6.45) is 1.33. The molecular weight excluding hydrogens is 377 g/mol. The van der Waals surface area contributed by atoms with Gasteiger partial charge in [-0.1, -0.05) is 6.07 Å². The molecule has 19 heavy (non-hydrogen) atoms. The van der Waals surface area contributed by atoms with E-state index in [0.29, 0.717) is 17.2 Å². The minimum Gasteiger partial charge on any atom is -0.383 e. The van der Waals surface area contributed by atoms with E-state index in [4.69, 9.17) is 5.73 Å². The standard InChI is InChI=1S/C13H8Br2FN3/c14-9-3-1-7(5-10(9)15)12-13(17)19-6-8(16)2-4-11(19)18-12/h1-6H,17H2. The second-order valence-corrected chi connectivity index (χ2v) is 5.76. The molecule has 3 nitrogen and oxygen atoms in total. The quantitative estimate of drug-likeness (QED) is 0.681. The van der Waals surface area contributed by atoms with Crippen LogP contribution in [0, 0.1) is 5.82 Å². The Morgan fingerprint density at radius 1 is 1.11 bits per heavy atom. The first kappa shape index (κ1) is 12.6. The zero-order chi connectivity index (χ0) is 13.6. The van der Waals surface area contributed by atoms with Crippen LogP contribution in [0.2, 0.25) is 0 Å². The molecule has 0 radical (unpaired) electrons. The van der Waals surface area contributed by atoms with Crippen molar-refractivity contribution in [3.63, 3.8) is 0 Å². The van der Waals surface area contributed by atoms with Crippen LogP contribution in [0.25, 0.3) is 16.9 Å². The van der Waals surface area contributed by atoms with Gasteiger partial charge in [-0.05, 0) is 56.1 Å². The summed E-state index contributed by atoms with van der Waals surface area (Å²) >= 11 is 6.85. The second-order valence-electron chi connectivity index (χ2n) is 4.05. The smallest absolute Gasteiger partial charge is 0.140 e. The minimum absolute atomic E-state index is 0.347. The molecule has 0 amide bonds. The fourth-order valence-corrected chi connectivity index (χ4v) is 2.52. The number of anilines is 1. The molecule has 1 aromatic carbocycles. The molecule has 0 unspecified atom stereocenters. The number of benzene rings is 1. The number of nitrogen functional groups attached to an aromatic ring is 1. The average Bonchev–Trinajstić information content (AvgIpc) is 2.70. The van der Waals surface area contributed by atoms with Gasteiger partial charge in [0.05, 0.1) is 0 Å². The van der Waals surface area contributed by atoms with E-state index in [-0.39, 0.29) is 5.82 Å². The van der Waals surface area contributed by atoms with Crippen LogP contribution in [0.4, 0.5) is 10.2 Å². The number of aromatic nitrogens is 2. The molecule has 0 fully saturated rings. The summed E-state index contributed by atoms with van der Waals surface area (Å²) in [7, 11) is 0. The van der Waals surface area contributed by atoms with Gasteiger partial charge in [0.25, 0.3) is 0 Å². The third-order valence-corrected chi connectivity index (χ3v) is 4.69. The summed E-state index contributed by atoms with van der Waals surface area (Å²) in [6, 6.07) is 8.69. The third kappa shape index (κ3) is 2.15. The fourth-order valence-electron chi connectivity index (χ4n) is 1.89. The number of pyridine rings is 1. The van der Waals surface area contributed by atoms with Gasteiger partial charge in [-0.3, -0.25) is 4.40 Å². The number of hydrogen-bond acceptors (Lipinski definition) is 2. The summed E-state index contributed by atoms with van der Waals surface area (Å²) in [4.78, 5) is 4.43. The number of fused-ring (bicyclic) bond motifs is 1. The molecule has 0 atom stereocenters. The van der Waals surface area contributed by atoms with E-state index in [2.05, 4.69) is 36.8 Å². The fraction of sp³-hybridized carbons (Fsp3) is 0. The highest BCUT2D eigenvalue weighted by Gasteiger charge is 2.12. The number of nitrogens with zero attached hydrogens (tertiary/aromatic N) is 2. The van der Waals surface area contributed by atoms with Crippen molar-refractivity contribution in [1.82, 2.24) is 9.38 Å². The molecule has 3 rings (SSSR count). The van der Waals surface area contributed by atoms with E-state index in [1.54, 1.807) is 10.5 Å². The SMILES string of the molecule is Nc1c(-c2ccc(Br)c(Br)c2)nc2ccc(F)cn12. The summed E-state index contributed by atoms with van der Waals surface area (Å²) in [5, 5.41) is 0. The van der Waals surface area contributed by atoms with Crippen LogP contribution >= 0.6 is 31.9 Å². The van der Waals surface area contributed by atoms with Gasteiger partial charge in [0.15, 0.2) is 0 Å². The topological polar surface area (TPSA) is 43.3 Å². The molecule has 2 N–H and O–H groups in total. The summed E-state index contributed by atoms with van der Waals surface area (Å²) in [5.41, 5.74) is 8.16. The van der Waals surface area contributed by atoms with Crippen molar-refractivity contribution in [2.45, 2.75) is 0 Å². The second kappa shape index (κ2) is 4.61. The molecular formula is C13H8Br2FN3. The number of rotatable bonds is 1. The van der Waals surface area contributed by atoms with Gasteiger partial charge in [0.2, 0.25) is 0 Å². The summed E-state index contributed by atoms with van der Waals surface area (Å²) in [6.45, 7) is 0. The van der Waals surface area contributed by atoms with Crippen molar-refractivity contribution >= 4 is 43.3 Å². The molecule has 0 bridgehead atoms. The molecule has 0 aliphatic rings. The van der Waals surface area contributed by atoms with Crippen LogP contribution in [-0.4, -0.2) is 9.38 Å². The summed E-state index contributed by atoms with van der Waals surface area (Å²) in [5.74, 6) is 0.0730. The lowest BCUT2D eigenvalue weighted by molar-refractivity contribution is 0.619. The molecule has 96 valence electrons. The Bertz CT molecular complexity index is 783. The van der Waals surface area contributed by atoms with Crippen LogP contribution in [0.5, 0.6) is 0 Å². The predicted octanol–water partition coefficient (Wildman–Crippen LogP) is 4.25. The van der Waals surface area contributed by atoms with Gasteiger partial charge in [0.1, 0.15) is 23.0 Å². The largest absolute Gasteiger partial charge is 0.383 e. The van der Waals surface area contributed by atoms with Crippen molar-refractivity contribution in [1.29, 1.82) is 0 Å². The van der Waals surface area contributed by atoms with Crippen molar-refractivity contribution in [2.75, 3.05) is 5.73 Å². The lowest BCUT2D eigenvalue weighted by Crippen LogP contribution is -1.94. The zero-order valence-electron chi connectivity index (χ0n) is 9.57. The number of halogens is 3. The van der Waals surface area contributed by atoms with E-state index in [0.717, 1.165) is 14.5 Å². The predicted molar refractivity (Wildman–Crippen MR) is 80.4 cm³/mol. The number of nitrogens with two attached hydrogens (primary N) is 1. The van der Waals surface area contributed by atoms with Crippen LogP contribution in [0.1, 0.15) is 0 Å². The van der Waals surface area contributed by atoms with Crippen LogP contribution < -0.4 is 5.73 Å². The number of imidazole rings is 1. The Balaban J connectivity index is 2.24.